The van der Waals surface area contributed by atoms with Gasteiger partial charge in [0.2, 0.25) is 7.37 Å². The Labute approximate surface area is 151 Å². The molecule has 3 N–H and O–H groups in total. The van der Waals surface area contributed by atoms with E-state index in [1.807, 2.05) is 6.92 Å². The third-order valence-corrected chi connectivity index (χ3v) is 5.66. The normalized spacial score (nSPS) is 17.1. The molecule has 0 bridgehead atoms. The molecule has 25 heavy (non-hydrogen) atoms. The van der Waals surface area contributed by atoms with Crippen molar-refractivity contribution in [2.45, 2.75) is 65.6 Å². The van der Waals surface area contributed by atoms with Crippen LogP contribution in [-0.2, 0) is 13.7 Å². The summed E-state index contributed by atoms with van der Waals surface area (Å²) in [6.45, 7) is 9.19. The van der Waals surface area contributed by atoms with E-state index >= 15 is 0 Å². The molecule has 0 aromatic carbocycles. The number of rotatable bonds is 11. The zero-order valence-corrected chi connectivity index (χ0v) is 17.6. The first-order valence-corrected chi connectivity index (χ1v) is 12.0. The smallest absolute Gasteiger partial charge is 0.343 e. The van der Waals surface area contributed by atoms with Gasteiger partial charge in [-0.25, -0.2) is 4.57 Å². The minimum Gasteiger partial charge on any atom is -0.343 e. The van der Waals surface area contributed by atoms with Crippen LogP contribution in [0.3, 0.4) is 0 Å². The summed E-state index contributed by atoms with van der Waals surface area (Å²) in [4.78, 5) is 27.3. The number of phosphoric ester groups is 1. The van der Waals surface area contributed by atoms with Crippen LogP contribution in [0.4, 0.5) is 0 Å². The van der Waals surface area contributed by atoms with Gasteiger partial charge in [-0.05, 0) is 53.4 Å². The van der Waals surface area contributed by atoms with Crippen LogP contribution in [0.1, 0.15) is 59.8 Å². The van der Waals surface area contributed by atoms with Gasteiger partial charge in [-0.3, -0.25) is 9.09 Å². The summed E-state index contributed by atoms with van der Waals surface area (Å²) >= 11 is 0. The molecule has 8 heteroatoms. The van der Waals surface area contributed by atoms with Gasteiger partial charge < -0.3 is 14.7 Å². The fraction of sp³-hybridized carbons (Fsp3) is 0.647. The summed E-state index contributed by atoms with van der Waals surface area (Å²) in [5.74, 6) is -1.40. The summed E-state index contributed by atoms with van der Waals surface area (Å²) in [6.07, 6.45) is 9.78. The Balaban J connectivity index is 4.53. The Morgan fingerprint density at radius 1 is 0.920 bits per heavy atom. The number of phosphoric acid groups is 1. The average molecular weight is 394 g/mol. The molecule has 0 radical (unpaired) electrons. The minimum absolute atomic E-state index is 0.00944. The first-order chi connectivity index (χ1) is 11.3. The van der Waals surface area contributed by atoms with Gasteiger partial charge in [-0.2, -0.15) is 0 Å². The van der Waals surface area contributed by atoms with E-state index in [1.54, 1.807) is 6.08 Å². The Bertz CT molecular complexity index is 590. The van der Waals surface area contributed by atoms with Crippen molar-refractivity contribution in [3.05, 3.63) is 34.9 Å². The number of hydrogen-bond acceptors (Lipinski definition) is 3. The second-order valence-corrected chi connectivity index (χ2v) is 10.3. The molecule has 0 aromatic heterocycles. The second-order valence-electron chi connectivity index (χ2n) is 6.69. The maximum absolute atomic E-state index is 11.7. The lowest BCUT2D eigenvalue weighted by molar-refractivity contribution is 0.169. The number of hydrogen-bond donors (Lipinski definition) is 3. The third kappa shape index (κ3) is 14.4. The third-order valence-electron chi connectivity index (χ3n) is 3.58. The monoisotopic (exact) mass is 394 g/mol. The lowest BCUT2D eigenvalue weighted by Gasteiger charge is -2.19. The van der Waals surface area contributed by atoms with Gasteiger partial charge >= 0.3 is 7.82 Å². The highest BCUT2D eigenvalue weighted by Crippen LogP contribution is 2.52. The topological polar surface area (TPSA) is 104 Å². The molecule has 0 aromatic rings. The van der Waals surface area contributed by atoms with E-state index in [9.17, 15) is 14.0 Å². The van der Waals surface area contributed by atoms with Crippen LogP contribution >= 0.6 is 15.2 Å². The van der Waals surface area contributed by atoms with Crippen molar-refractivity contribution in [1.29, 1.82) is 0 Å². The molecular formula is C17H32O6P2. The van der Waals surface area contributed by atoms with Crippen LogP contribution in [-0.4, -0.2) is 27.2 Å². The summed E-state index contributed by atoms with van der Waals surface area (Å²) < 4.78 is 27.1. The van der Waals surface area contributed by atoms with Crippen LogP contribution in [0.2, 0.25) is 0 Å². The zero-order valence-electron chi connectivity index (χ0n) is 15.8. The Morgan fingerprint density at radius 2 is 1.40 bits per heavy atom. The average Bonchev–Trinajstić information content (AvgIpc) is 2.40. The van der Waals surface area contributed by atoms with Gasteiger partial charge in [-0.1, -0.05) is 34.9 Å². The molecule has 0 spiro atoms. The molecule has 0 aliphatic rings. The Morgan fingerprint density at radius 3 is 1.84 bits per heavy atom. The van der Waals surface area contributed by atoms with Crippen molar-refractivity contribution in [3.63, 3.8) is 0 Å². The SMILES string of the molecule is CC(C)=CCCC(C)=CCCC(C)=CCC(OP(=O)(O)O)P(C)(=O)O. The van der Waals surface area contributed by atoms with Gasteiger partial charge in [0.25, 0.3) is 0 Å². The molecule has 0 fully saturated rings. The van der Waals surface area contributed by atoms with Gasteiger partial charge in [0.1, 0.15) is 5.85 Å². The molecule has 2 atom stereocenters. The fourth-order valence-corrected chi connectivity index (χ4v) is 4.09. The quantitative estimate of drug-likeness (QED) is 0.331. The van der Waals surface area contributed by atoms with E-state index in [1.165, 1.54) is 11.1 Å². The molecule has 0 rings (SSSR count). The van der Waals surface area contributed by atoms with Gasteiger partial charge in [0, 0.05) is 13.1 Å². The van der Waals surface area contributed by atoms with E-state index in [2.05, 4.69) is 37.4 Å². The largest absolute Gasteiger partial charge is 0.470 e. The van der Waals surface area contributed by atoms with Crippen molar-refractivity contribution in [3.8, 4) is 0 Å². The van der Waals surface area contributed by atoms with Gasteiger partial charge in [-0.15, -0.1) is 0 Å². The summed E-state index contributed by atoms with van der Waals surface area (Å²) in [6, 6.07) is 0. The van der Waals surface area contributed by atoms with Crippen LogP contribution in [0.25, 0.3) is 0 Å². The van der Waals surface area contributed by atoms with Crippen molar-refractivity contribution in [2.75, 3.05) is 6.66 Å². The maximum Gasteiger partial charge on any atom is 0.470 e. The van der Waals surface area contributed by atoms with Crippen molar-refractivity contribution in [1.82, 2.24) is 0 Å². The van der Waals surface area contributed by atoms with Crippen LogP contribution in [0, 0.1) is 0 Å². The van der Waals surface area contributed by atoms with E-state index < -0.39 is 21.0 Å². The molecule has 0 aliphatic carbocycles. The van der Waals surface area contributed by atoms with Gasteiger partial charge in [0.15, 0.2) is 0 Å². The fourth-order valence-electron chi connectivity index (χ4n) is 2.13. The molecule has 6 nitrogen and oxygen atoms in total. The standard InChI is InChI=1S/C17H32O6P2/c1-14(2)8-6-9-15(3)10-7-11-16(4)12-13-17(24(5,18)19)23-25(20,21)22/h8,10,12,17H,6-7,9,11,13H2,1-5H3,(H,18,19)(H2,20,21,22). The van der Waals surface area contributed by atoms with E-state index in [4.69, 9.17) is 9.79 Å². The first kappa shape index (κ1) is 24.5. The predicted octanol–water partition coefficient (Wildman–Crippen LogP) is 5.13. The zero-order chi connectivity index (χ0) is 19.7. The molecule has 146 valence electrons. The summed E-state index contributed by atoms with van der Waals surface area (Å²) in [7, 11) is -8.57. The van der Waals surface area contributed by atoms with Crippen LogP contribution in [0.5, 0.6) is 0 Å². The first-order valence-electron chi connectivity index (χ1n) is 8.29. The highest BCUT2D eigenvalue weighted by atomic mass is 31.2. The lowest BCUT2D eigenvalue weighted by atomic mass is 10.1. The molecule has 0 saturated carbocycles. The van der Waals surface area contributed by atoms with Crippen LogP contribution < -0.4 is 0 Å². The highest BCUT2D eigenvalue weighted by Gasteiger charge is 2.32. The molecule has 0 saturated heterocycles. The predicted molar refractivity (Wildman–Crippen MR) is 103 cm³/mol. The summed E-state index contributed by atoms with van der Waals surface area (Å²) in [5, 5.41) is 0. The maximum atomic E-state index is 11.7. The highest BCUT2D eigenvalue weighted by molar-refractivity contribution is 7.58. The summed E-state index contributed by atoms with van der Waals surface area (Å²) in [5.41, 5.74) is 3.62. The van der Waals surface area contributed by atoms with E-state index in [0.29, 0.717) is 0 Å². The molecule has 0 amide bonds. The van der Waals surface area contributed by atoms with E-state index in [0.717, 1.165) is 37.9 Å². The molecule has 2 unspecified atom stereocenters. The van der Waals surface area contributed by atoms with Gasteiger partial charge in [0.05, 0.1) is 0 Å². The molecule has 0 heterocycles. The Kier molecular flexibility index (Phi) is 11.1. The Hall–Kier alpha value is -0.480. The van der Waals surface area contributed by atoms with Crippen LogP contribution in [0.15, 0.2) is 34.9 Å². The van der Waals surface area contributed by atoms with Crippen molar-refractivity contribution in [2.24, 2.45) is 0 Å². The second kappa shape index (κ2) is 11.3. The minimum atomic E-state index is -4.81. The molecular weight excluding hydrogens is 362 g/mol. The van der Waals surface area contributed by atoms with E-state index in [-0.39, 0.29) is 6.42 Å². The van der Waals surface area contributed by atoms with Crippen molar-refractivity contribution < 1.29 is 28.3 Å². The van der Waals surface area contributed by atoms with Crippen molar-refractivity contribution >= 4 is 15.2 Å². The lowest BCUT2D eigenvalue weighted by Crippen LogP contribution is -2.10. The molecule has 0 aliphatic heterocycles. The number of allylic oxidation sites excluding steroid dienone is 5.